The van der Waals surface area contributed by atoms with Crippen molar-refractivity contribution in [1.82, 2.24) is 5.32 Å². The minimum absolute atomic E-state index is 0.224. The topological polar surface area (TPSA) is 12.0 Å². The molecule has 1 fully saturated rings. The van der Waals surface area contributed by atoms with E-state index in [4.69, 9.17) is 0 Å². The largest absolute Gasteiger partial charge is 0.306 e. The van der Waals surface area contributed by atoms with Gasteiger partial charge in [0.25, 0.3) is 6.43 Å². The first-order valence-corrected chi connectivity index (χ1v) is 5.43. The molecule has 1 heterocycles. The molecule has 0 radical (unpaired) electrons. The first kappa shape index (κ1) is 11.9. The Hall–Kier alpha value is -0.180. The van der Waals surface area contributed by atoms with E-state index in [0.29, 0.717) is 6.42 Å². The highest BCUT2D eigenvalue weighted by Gasteiger charge is 2.29. The Labute approximate surface area is 85.3 Å². The van der Waals surface area contributed by atoms with Crippen LogP contribution in [0.25, 0.3) is 0 Å². The standard InChI is InChI=1S/C11H21F2N/c1-11(2,3)7-8-5-4-6-9(14-8)10(12)13/h8-10,14H,4-7H2,1-3H3. The van der Waals surface area contributed by atoms with E-state index in [9.17, 15) is 8.78 Å². The van der Waals surface area contributed by atoms with Gasteiger partial charge in [-0.05, 0) is 24.7 Å². The highest BCUT2D eigenvalue weighted by Crippen LogP contribution is 2.27. The Kier molecular flexibility index (Phi) is 3.87. The molecule has 1 rings (SSSR count). The quantitative estimate of drug-likeness (QED) is 0.730. The van der Waals surface area contributed by atoms with Crippen LogP contribution in [0.5, 0.6) is 0 Å². The summed E-state index contributed by atoms with van der Waals surface area (Å²) in [4.78, 5) is 0. The van der Waals surface area contributed by atoms with Gasteiger partial charge in [-0.1, -0.05) is 27.2 Å². The number of hydrogen-bond acceptors (Lipinski definition) is 1. The number of hydrogen-bond donors (Lipinski definition) is 1. The lowest BCUT2D eigenvalue weighted by atomic mass is 9.84. The normalized spacial score (nSPS) is 29.6. The lowest BCUT2D eigenvalue weighted by molar-refractivity contribution is 0.0684. The summed E-state index contributed by atoms with van der Waals surface area (Å²) in [5.41, 5.74) is 0.224. The van der Waals surface area contributed by atoms with Gasteiger partial charge in [0.2, 0.25) is 0 Å². The molecule has 0 aromatic rings. The van der Waals surface area contributed by atoms with Crippen molar-refractivity contribution < 1.29 is 8.78 Å². The van der Waals surface area contributed by atoms with Crippen molar-refractivity contribution in [2.75, 3.05) is 0 Å². The molecule has 0 saturated carbocycles. The summed E-state index contributed by atoms with van der Waals surface area (Å²) < 4.78 is 24.9. The molecule has 2 unspecified atom stereocenters. The number of alkyl halides is 2. The molecular formula is C11H21F2N. The smallest absolute Gasteiger partial charge is 0.253 e. The van der Waals surface area contributed by atoms with Gasteiger partial charge in [0.15, 0.2) is 0 Å². The second-order valence-corrected chi connectivity index (χ2v) is 5.50. The van der Waals surface area contributed by atoms with Gasteiger partial charge in [-0.3, -0.25) is 0 Å². The van der Waals surface area contributed by atoms with Crippen molar-refractivity contribution in [1.29, 1.82) is 0 Å². The van der Waals surface area contributed by atoms with E-state index < -0.39 is 12.5 Å². The summed E-state index contributed by atoms with van der Waals surface area (Å²) in [6.07, 6.45) is 1.37. The SMILES string of the molecule is CC(C)(C)CC1CCCC(C(F)F)N1. The third kappa shape index (κ3) is 3.91. The third-order valence-corrected chi connectivity index (χ3v) is 2.68. The Bertz CT molecular complexity index is 175. The van der Waals surface area contributed by atoms with Crippen LogP contribution in [0.1, 0.15) is 46.5 Å². The molecule has 14 heavy (non-hydrogen) atoms. The van der Waals surface area contributed by atoms with Crippen LogP contribution in [-0.2, 0) is 0 Å². The van der Waals surface area contributed by atoms with Crippen LogP contribution in [0.15, 0.2) is 0 Å². The van der Waals surface area contributed by atoms with Crippen LogP contribution in [0.2, 0.25) is 0 Å². The zero-order valence-electron chi connectivity index (χ0n) is 9.32. The molecule has 0 spiro atoms. The summed E-state index contributed by atoms with van der Waals surface area (Å²) in [6.45, 7) is 6.46. The van der Waals surface area contributed by atoms with Crippen molar-refractivity contribution in [2.45, 2.75) is 65.0 Å². The van der Waals surface area contributed by atoms with Gasteiger partial charge < -0.3 is 5.32 Å². The first-order chi connectivity index (χ1) is 6.38. The number of piperidine rings is 1. The Morgan fingerprint density at radius 1 is 1.29 bits per heavy atom. The third-order valence-electron chi connectivity index (χ3n) is 2.68. The predicted molar refractivity (Wildman–Crippen MR) is 54.6 cm³/mol. The maximum atomic E-state index is 12.5. The molecule has 1 aliphatic heterocycles. The average Bonchev–Trinajstić information content (AvgIpc) is 2.01. The molecule has 0 amide bonds. The fourth-order valence-corrected chi connectivity index (χ4v) is 2.15. The van der Waals surface area contributed by atoms with Gasteiger partial charge in [0, 0.05) is 6.04 Å². The fourth-order valence-electron chi connectivity index (χ4n) is 2.15. The fraction of sp³-hybridized carbons (Fsp3) is 1.00. The number of rotatable bonds is 2. The summed E-state index contributed by atoms with van der Waals surface area (Å²) in [5.74, 6) is 0. The van der Waals surface area contributed by atoms with E-state index in [2.05, 4.69) is 26.1 Å². The van der Waals surface area contributed by atoms with Crippen LogP contribution in [0.3, 0.4) is 0 Å². The lowest BCUT2D eigenvalue weighted by Gasteiger charge is -2.34. The molecule has 1 saturated heterocycles. The second-order valence-electron chi connectivity index (χ2n) is 5.50. The molecule has 0 aromatic carbocycles. The zero-order chi connectivity index (χ0) is 10.8. The molecule has 1 N–H and O–H groups in total. The van der Waals surface area contributed by atoms with Crippen LogP contribution in [0, 0.1) is 5.41 Å². The summed E-state index contributed by atoms with van der Waals surface area (Å²) in [7, 11) is 0. The van der Waals surface area contributed by atoms with Crippen molar-refractivity contribution in [3.63, 3.8) is 0 Å². The number of halogens is 2. The highest BCUT2D eigenvalue weighted by atomic mass is 19.3. The predicted octanol–water partition coefficient (Wildman–Crippen LogP) is 3.20. The summed E-state index contributed by atoms with van der Waals surface area (Å²) >= 11 is 0. The average molecular weight is 205 g/mol. The van der Waals surface area contributed by atoms with Gasteiger partial charge in [0.05, 0.1) is 6.04 Å². The van der Waals surface area contributed by atoms with Gasteiger partial charge >= 0.3 is 0 Å². The molecule has 3 heteroatoms. The molecule has 0 aromatic heterocycles. The maximum absolute atomic E-state index is 12.5. The minimum Gasteiger partial charge on any atom is -0.306 e. The first-order valence-electron chi connectivity index (χ1n) is 5.43. The van der Waals surface area contributed by atoms with Gasteiger partial charge in [-0.15, -0.1) is 0 Å². The molecule has 2 atom stereocenters. The molecule has 0 bridgehead atoms. The van der Waals surface area contributed by atoms with Crippen LogP contribution < -0.4 is 5.32 Å². The van der Waals surface area contributed by atoms with E-state index in [1.54, 1.807) is 0 Å². The molecular weight excluding hydrogens is 184 g/mol. The number of nitrogens with one attached hydrogen (secondary N) is 1. The van der Waals surface area contributed by atoms with Crippen molar-refractivity contribution in [2.24, 2.45) is 5.41 Å². The van der Waals surface area contributed by atoms with Crippen LogP contribution in [-0.4, -0.2) is 18.5 Å². The van der Waals surface area contributed by atoms with E-state index in [1.165, 1.54) is 0 Å². The van der Waals surface area contributed by atoms with Crippen molar-refractivity contribution in [3.05, 3.63) is 0 Å². The highest BCUT2D eigenvalue weighted by molar-refractivity contribution is 4.84. The Morgan fingerprint density at radius 2 is 1.93 bits per heavy atom. The lowest BCUT2D eigenvalue weighted by Crippen LogP contribution is -2.47. The van der Waals surface area contributed by atoms with Gasteiger partial charge in [-0.2, -0.15) is 0 Å². The van der Waals surface area contributed by atoms with Crippen molar-refractivity contribution >= 4 is 0 Å². The Morgan fingerprint density at radius 3 is 2.43 bits per heavy atom. The minimum atomic E-state index is -2.21. The maximum Gasteiger partial charge on any atom is 0.253 e. The molecule has 84 valence electrons. The van der Waals surface area contributed by atoms with Gasteiger partial charge in [-0.25, -0.2) is 8.78 Å². The molecule has 0 aliphatic carbocycles. The Balaban J connectivity index is 2.40. The summed E-state index contributed by atoms with van der Waals surface area (Å²) in [6, 6.07) is -0.293. The van der Waals surface area contributed by atoms with E-state index in [-0.39, 0.29) is 11.5 Å². The van der Waals surface area contributed by atoms with Crippen LogP contribution >= 0.6 is 0 Å². The monoisotopic (exact) mass is 205 g/mol. The van der Waals surface area contributed by atoms with Crippen LogP contribution in [0.4, 0.5) is 8.78 Å². The molecule has 1 nitrogen and oxygen atoms in total. The van der Waals surface area contributed by atoms with Gasteiger partial charge in [0.1, 0.15) is 0 Å². The second kappa shape index (κ2) is 4.56. The summed E-state index contributed by atoms with van der Waals surface area (Å²) in [5, 5.41) is 3.06. The van der Waals surface area contributed by atoms with E-state index in [0.717, 1.165) is 19.3 Å². The molecule has 1 aliphatic rings. The van der Waals surface area contributed by atoms with E-state index >= 15 is 0 Å². The van der Waals surface area contributed by atoms with Crippen molar-refractivity contribution in [3.8, 4) is 0 Å². The zero-order valence-corrected chi connectivity index (χ0v) is 9.32. The van der Waals surface area contributed by atoms with E-state index in [1.807, 2.05) is 0 Å².